The van der Waals surface area contributed by atoms with Gasteiger partial charge in [0.25, 0.3) is 0 Å². The van der Waals surface area contributed by atoms with E-state index < -0.39 is 5.92 Å². The lowest BCUT2D eigenvalue weighted by Crippen LogP contribution is -2.16. The van der Waals surface area contributed by atoms with Gasteiger partial charge in [0, 0.05) is 33.5 Å². The van der Waals surface area contributed by atoms with Gasteiger partial charge < -0.3 is 0 Å². The Bertz CT molecular complexity index is 944. The second-order valence-corrected chi connectivity index (χ2v) is 7.07. The molecule has 2 atom stereocenters. The predicted octanol–water partition coefficient (Wildman–Crippen LogP) is 6.66. The van der Waals surface area contributed by atoms with Crippen molar-refractivity contribution >= 4 is 29.0 Å². The maximum Gasteiger partial charge on any atom is 0.163 e. The predicted molar refractivity (Wildman–Crippen MR) is 109 cm³/mol. The molecule has 0 heterocycles. The van der Waals surface area contributed by atoms with Crippen molar-refractivity contribution in [2.45, 2.75) is 18.3 Å². The zero-order valence-electron chi connectivity index (χ0n) is 14.5. The van der Waals surface area contributed by atoms with Gasteiger partial charge in [0.15, 0.2) is 5.78 Å². The van der Waals surface area contributed by atoms with Crippen molar-refractivity contribution in [3.05, 3.63) is 106 Å². The Morgan fingerprint density at radius 3 is 1.96 bits per heavy atom. The molecule has 0 aliphatic rings. The summed E-state index contributed by atoms with van der Waals surface area (Å²) in [5.41, 5.74) is 2.10. The van der Waals surface area contributed by atoms with E-state index in [9.17, 15) is 10.1 Å². The minimum atomic E-state index is -0.638. The molecule has 4 heteroatoms. The molecular weight excluding hydrogens is 377 g/mol. The Balaban J connectivity index is 2.04. The first kappa shape index (κ1) is 19.2. The minimum absolute atomic E-state index is 0.0205. The third-order valence-corrected chi connectivity index (χ3v) is 5.24. The molecular formula is C23H17Cl2NO. The number of Topliss-reactive ketones (excluding diaryl/α,β-unsaturated/α-hetero) is 1. The Kier molecular flexibility index (Phi) is 6.29. The van der Waals surface area contributed by atoms with Crippen LogP contribution in [0.1, 0.15) is 39.7 Å². The summed E-state index contributed by atoms with van der Waals surface area (Å²) in [6.07, 6.45) is 0.188. The fraction of sp³-hybridized carbons (Fsp3) is 0.130. The molecule has 2 nitrogen and oxygen atoms in total. The molecule has 0 amide bonds. The van der Waals surface area contributed by atoms with E-state index in [2.05, 4.69) is 6.07 Å². The van der Waals surface area contributed by atoms with Crippen molar-refractivity contribution < 1.29 is 4.79 Å². The van der Waals surface area contributed by atoms with Gasteiger partial charge in [-0.2, -0.15) is 5.26 Å². The summed E-state index contributed by atoms with van der Waals surface area (Å²) in [6.45, 7) is 0. The number of nitriles is 1. The maximum atomic E-state index is 12.9. The maximum absolute atomic E-state index is 12.9. The molecule has 0 saturated carbocycles. The molecule has 0 aliphatic carbocycles. The Labute approximate surface area is 169 Å². The summed E-state index contributed by atoms with van der Waals surface area (Å²) in [6, 6.07) is 26.2. The van der Waals surface area contributed by atoms with E-state index >= 15 is 0 Å². The summed E-state index contributed by atoms with van der Waals surface area (Å²) < 4.78 is 0. The van der Waals surface area contributed by atoms with Crippen LogP contribution in [0, 0.1) is 11.3 Å². The van der Waals surface area contributed by atoms with Crippen LogP contribution in [0.4, 0.5) is 0 Å². The van der Waals surface area contributed by atoms with Crippen LogP contribution < -0.4 is 0 Å². The zero-order valence-corrected chi connectivity index (χ0v) is 16.0. The molecule has 0 aliphatic heterocycles. The second-order valence-electron chi connectivity index (χ2n) is 6.25. The van der Waals surface area contributed by atoms with Crippen molar-refractivity contribution in [2.75, 3.05) is 0 Å². The third-order valence-electron chi connectivity index (χ3n) is 4.58. The third kappa shape index (κ3) is 4.39. The first-order valence-electron chi connectivity index (χ1n) is 8.58. The Morgan fingerprint density at radius 1 is 0.852 bits per heavy atom. The number of carbonyl (C=O) groups is 1. The molecule has 3 rings (SSSR count). The van der Waals surface area contributed by atoms with Crippen LogP contribution in [-0.4, -0.2) is 5.78 Å². The summed E-state index contributed by atoms with van der Waals surface area (Å²) in [7, 11) is 0. The van der Waals surface area contributed by atoms with Gasteiger partial charge in [-0.3, -0.25) is 4.79 Å². The van der Waals surface area contributed by atoms with Gasteiger partial charge in [0.05, 0.1) is 12.0 Å². The van der Waals surface area contributed by atoms with Gasteiger partial charge >= 0.3 is 0 Å². The number of hydrogen-bond acceptors (Lipinski definition) is 2. The molecule has 0 N–H and O–H groups in total. The molecule has 0 unspecified atom stereocenters. The van der Waals surface area contributed by atoms with E-state index in [1.807, 2.05) is 48.5 Å². The molecule has 0 radical (unpaired) electrons. The van der Waals surface area contributed by atoms with Crippen molar-refractivity contribution in [1.29, 1.82) is 5.26 Å². The molecule has 3 aromatic rings. The van der Waals surface area contributed by atoms with Crippen LogP contribution >= 0.6 is 23.2 Å². The largest absolute Gasteiger partial charge is 0.294 e. The van der Waals surface area contributed by atoms with E-state index in [0.717, 1.165) is 5.56 Å². The van der Waals surface area contributed by atoms with E-state index in [1.54, 1.807) is 30.3 Å². The van der Waals surface area contributed by atoms with Crippen LogP contribution in [-0.2, 0) is 0 Å². The number of hydrogen-bond donors (Lipinski definition) is 0. The average Bonchev–Trinajstić information content (AvgIpc) is 2.70. The van der Waals surface area contributed by atoms with Crippen molar-refractivity contribution in [3.63, 3.8) is 0 Å². The summed E-state index contributed by atoms with van der Waals surface area (Å²) in [5.74, 6) is -1.02. The number of halogens is 2. The van der Waals surface area contributed by atoms with E-state index in [0.29, 0.717) is 21.2 Å². The quantitative estimate of drug-likeness (QED) is 0.439. The molecule has 0 aromatic heterocycles. The highest BCUT2D eigenvalue weighted by Gasteiger charge is 2.30. The first-order chi connectivity index (χ1) is 13.1. The molecule has 27 heavy (non-hydrogen) atoms. The van der Waals surface area contributed by atoms with Crippen LogP contribution in [0.3, 0.4) is 0 Å². The standard InChI is InChI=1S/C23H17Cl2NO/c24-20-12-7-13-21(25)23(20)19(15-26)18(16-8-3-1-4-9-16)14-22(27)17-10-5-2-6-11-17/h1-13,18-19H,14H2/t18-,19+/m0/s1. The lowest BCUT2D eigenvalue weighted by Gasteiger charge is -2.24. The van der Waals surface area contributed by atoms with Gasteiger partial charge in [-0.15, -0.1) is 0 Å². The fourth-order valence-electron chi connectivity index (χ4n) is 3.23. The van der Waals surface area contributed by atoms with Crippen LogP contribution in [0.2, 0.25) is 10.0 Å². The number of carbonyl (C=O) groups excluding carboxylic acids is 1. The average molecular weight is 394 g/mol. The highest BCUT2D eigenvalue weighted by molar-refractivity contribution is 6.36. The first-order valence-corrected chi connectivity index (χ1v) is 9.34. The van der Waals surface area contributed by atoms with Crippen molar-refractivity contribution in [2.24, 2.45) is 0 Å². The lowest BCUT2D eigenvalue weighted by molar-refractivity contribution is 0.0971. The summed E-state index contributed by atoms with van der Waals surface area (Å²) in [4.78, 5) is 12.9. The molecule has 0 spiro atoms. The van der Waals surface area contributed by atoms with Gasteiger partial charge in [-0.1, -0.05) is 89.9 Å². The number of benzene rings is 3. The smallest absolute Gasteiger partial charge is 0.163 e. The van der Waals surface area contributed by atoms with E-state index in [4.69, 9.17) is 23.2 Å². The lowest BCUT2D eigenvalue weighted by atomic mass is 9.78. The van der Waals surface area contributed by atoms with E-state index in [-0.39, 0.29) is 18.1 Å². The zero-order chi connectivity index (χ0) is 19.2. The van der Waals surface area contributed by atoms with E-state index in [1.165, 1.54) is 0 Å². The van der Waals surface area contributed by atoms with Crippen molar-refractivity contribution in [1.82, 2.24) is 0 Å². The fourth-order valence-corrected chi connectivity index (χ4v) is 3.87. The van der Waals surface area contributed by atoms with Gasteiger partial charge in [-0.25, -0.2) is 0 Å². The number of ketones is 1. The summed E-state index contributed by atoms with van der Waals surface area (Å²) in [5, 5.41) is 10.8. The Morgan fingerprint density at radius 2 is 1.41 bits per heavy atom. The number of nitrogens with zero attached hydrogens (tertiary/aromatic N) is 1. The molecule has 0 saturated heterocycles. The highest BCUT2D eigenvalue weighted by atomic mass is 35.5. The highest BCUT2D eigenvalue weighted by Crippen LogP contribution is 2.42. The van der Waals surface area contributed by atoms with Gasteiger partial charge in [-0.05, 0) is 17.7 Å². The Hall–Kier alpha value is -2.60. The van der Waals surface area contributed by atoms with Crippen molar-refractivity contribution in [3.8, 4) is 6.07 Å². The molecule has 0 bridgehead atoms. The monoisotopic (exact) mass is 393 g/mol. The van der Waals surface area contributed by atoms with Crippen LogP contribution in [0.15, 0.2) is 78.9 Å². The second kappa shape index (κ2) is 8.86. The topological polar surface area (TPSA) is 40.9 Å². The number of rotatable bonds is 6. The van der Waals surface area contributed by atoms with Crippen LogP contribution in [0.25, 0.3) is 0 Å². The van der Waals surface area contributed by atoms with Crippen LogP contribution in [0.5, 0.6) is 0 Å². The minimum Gasteiger partial charge on any atom is -0.294 e. The molecule has 0 fully saturated rings. The molecule has 3 aromatic carbocycles. The SMILES string of the molecule is N#C[C@@H](c1c(Cl)cccc1Cl)[C@@H](CC(=O)c1ccccc1)c1ccccc1. The van der Waals surface area contributed by atoms with Gasteiger partial charge in [0.2, 0.25) is 0 Å². The normalized spacial score (nSPS) is 12.8. The summed E-state index contributed by atoms with van der Waals surface area (Å²) >= 11 is 12.7. The molecule has 134 valence electrons. The van der Waals surface area contributed by atoms with Gasteiger partial charge in [0.1, 0.15) is 0 Å².